The van der Waals surface area contributed by atoms with Gasteiger partial charge in [0.15, 0.2) is 29.1 Å². The summed E-state index contributed by atoms with van der Waals surface area (Å²) in [5.41, 5.74) is 5.34. The van der Waals surface area contributed by atoms with Crippen LogP contribution in [0.4, 0.5) is 22.0 Å². The molecule has 0 heterocycles. The third-order valence-corrected chi connectivity index (χ3v) is 2.70. The second kappa shape index (κ2) is 4.97. The lowest BCUT2D eigenvalue weighted by molar-refractivity contribution is 0.438. The van der Waals surface area contributed by atoms with Gasteiger partial charge in [-0.25, -0.2) is 22.0 Å². The average molecular weight is 273 g/mol. The number of nitrogens with two attached hydrogens (primary N) is 1. The standard InChI is InChI=1S/C13H8F5N/c14-8-3-1-6(5-10(8)16)13(19)7-2-4-9(15)12(18)11(7)17/h1-5,13H,19H2. The van der Waals surface area contributed by atoms with E-state index in [1.54, 1.807) is 0 Å². The fraction of sp³-hybridized carbons (Fsp3) is 0.0769. The minimum atomic E-state index is -1.66. The topological polar surface area (TPSA) is 26.0 Å². The zero-order valence-corrected chi connectivity index (χ0v) is 9.43. The van der Waals surface area contributed by atoms with Crippen LogP contribution in [0.15, 0.2) is 30.3 Å². The first-order valence-corrected chi connectivity index (χ1v) is 5.25. The summed E-state index contributed by atoms with van der Waals surface area (Å²) in [6.07, 6.45) is 0. The lowest BCUT2D eigenvalue weighted by Gasteiger charge is -2.14. The van der Waals surface area contributed by atoms with Crippen molar-refractivity contribution in [2.75, 3.05) is 0 Å². The molecule has 2 N–H and O–H groups in total. The molecule has 0 aliphatic carbocycles. The number of halogens is 5. The lowest BCUT2D eigenvalue weighted by atomic mass is 9.98. The Bertz CT molecular complexity index is 627. The van der Waals surface area contributed by atoms with Crippen molar-refractivity contribution in [3.8, 4) is 0 Å². The Kier molecular flexibility index (Phi) is 3.53. The molecule has 0 aliphatic rings. The predicted octanol–water partition coefficient (Wildman–Crippen LogP) is 3.43. The van der Waals surface area contributed by atoms with Crippen molar-refractivity contribution in [2.45, 2.75) is 6.04 Å². The predicted molar refractivity (Wildman–Crippen MR) is 58.7 cm³/mol. The van der Waals surface area contributed by atoms with E-state index in [0.717, 1.165) is 24.3 Å². The van der Waals surface area contributed by atoms with Gasteiger partial charge >= 0.3 is 0 Å². The van der Waals surface area contributed by atoms with Crippen molar-refractivity contribution in [2.24, 2.45) is 5.73 Å². The first-order chi connectivity index (χ1) is 8.91. The summed E-state index contributed by atoms with van der Waals surface area (Å²) in [5, 5.41) is 0. The van der Waals surface area contributed by atoms with Gasteiger partial charge in [-0.2, -0.15) is 0 Å². The molecule has 2 aromatic carbocycles. The fourth-order valence-corrected chi connectivity index (χ4v) is 1.67. The van der Waals surface area contributed by atoms with Crippen molar-refractivity contribution >= 4 is 0 Å². The molecule has 1 unspecified atom stereocenters. The number of rotatable bonds is 2. The van der Waals surface area contributed by atoms with Gasteiger partial charge in [-0.05, 0) is 23.8 Å². The maximum Gasteiger partial charge on any atom is 0.194 e. The number of hydrogen-bond donors (Lipinski definition) is 1. The van der Waals surface area contributed by atoms with E-state index in [0.29, 0.717) is 6.07 Å². The number of hydrogen-bond acceptors (Lipinski definition) is 1. The highest BCUT2D eigenvalue weighted by atomic mass is 19.2. The SMILES string of the molecule is NC(c1ccc(F)c(F)c1)c1ccc(F)c(F)c1F. The van der Waals surface area contributed by atoms with Crippen molar-refractivity contribution in [1.29, 1.82) is 0 Å². The van der Waals surface area contributed by atoms with Crippen LogP contribution >= 0.6 is 0 Å². The Hall–Kier alpha value is -1.95. The molecule has 0 spiro atoms. The molecular formula is C13H8F5N. The van der Waals surface area contributed by atoms with Crippen LogP contribution in [0, 0.1) is 29.1 Å². The first kappa shape index (κ1) is 13.5. The average Bonchev–Trinajstić information content (AvgIpc) is 2.39. The van der Waals surface area contributed by atoms with Crippen LogP contribution < -0.4 is 5.73 Å². The molecule has 0 bridgehead atoms. The van der Waals surface area contributed by atoms with E-state index in [4.69, 9.17) is 5.73 Å². The molecule has 0 aromatic heterocycles. The quantitative estimate of drug-likeness (QED) is 0.658. The van der Waals surface area contributed by atoms with Crippen LogP contribution in [0.2, 0.25) is 0 Å². The Morgan fingerprint density at radius 2 is 1.37 bits per heavy atom. The molecule has 6 heteroatoms. The lowest BCUT2D eigenvalue weighted by Crippen LogP contribution is -2.15. The molecule has 0 saturated heterocycles. The Morgan fingerprint density at radius 3 is 2.00 bits per heavy atom. The Labute approximate surface area is 105 Å². The fourth-order valence-electron chi connectivity index (χ4n) is 1.67. The second-order valence-electron chi connectivity index (χ2n) is 3.92. The maximum absolute atomic E-state index is 13.5. The van der Waals surface area contributed by atoms with Gasteiger partial charge in [-0.3, -0.25) is 0 Å². The van der Waals surface area contributed by atoms with Gasteiger partial charge in [-0.15, -0.1) is 0 Å². The highest BCUT2D eigenvalue weighted by Gasteiger charge is 2.20. The summed E-state index contributed by atoms with van der Waals surface area (Å²) in [6.45, 7) is 0. The van der Waals surface area contributed by atoms with E-state index >= 15 is 0 Å². The molecule has 1 atom stereocenters. The van der Waals surface area contributed by atoms with E-state index in [2.05, 4.69) is 0 Å². The van der Waals surface area contributed by atoms with Gasteiger partial charge < -0.3 is 5.73 Å². The van der Waals surface area contributed by atoms with Gasteiger partial charge in [-0.1, -0.05) is 12.1 Å². The summed E-state index contributed by atoms with van der Waals surface area (Å²) >= 11 is 0. The van der Waals surface area contributed by atoms with Crippen molar-refractivity contribution < 1.29 is 22.0 Å². The van der Waals surface area contributed by atoms with Crippen LogP contribution in [0.1, 0.15) is 17.2 Å². The Morgan fingerprint density at radius 1 is 0.737 bits per heavy atom. The minimum Gasteiger partial charge on any atom is -0.320 e. The minimum absolute atomic E-state index is 0.0452. The highest BCUT2D eigenvalue weighted by molar-refractivity contribution is 5.33. The van der Waals surface area contributed by atoms with Crippen molar-refractivity contribution in [1.82, 2.24) is 0 Å². The largest absolute Gasteiger partial charge is 0.320 e. The zero-order valence-electron chi connectivity index (χ0n) is 9.43. The first-order valence-electron chi connectivity index (χ1n) is 5.25. The molecule has 0 aliphatic heterocycles. The van der Waals surface area contributed by atoms with Crippen LogP contribution in [0.25, 0.3) is 0 Å². The molecule has 100 valence electrons. The van der Waals surface area contributed by atoms with Crippen LogP contribution in [-0.2, 0) is 0 Å². The molecule has 1 nitrogen and oxygen atoms in total. The normalized spacial score (nSPS) is 12.5. The third kappa shape index (κ3) is 2.44. The van der Waals surface area contributed by atoms with Gasteiger partial charge in [0.25, 0.3) is 0 Å². The van der Waals surface area contributed by atoms with Gasteiger partial charge in [0.2, 0.25) is 0 Å². The van der Waals surface area contributed by atoms with Gasteiger partial charge in [0, 0.05) is 5.56 Å². The summed E-state index contributed by atoms with van der Waals surface area (Å²) in [6, 6.07) is 3.19. The second-order valence-corrected chi connectivity index (χ2v) is 3.92. The van der Waals surface area contributed by atoms with Crippen LogP contribution in [0.5, 0.6) is 0 Å². The van der Waals surface area contributed by atoms with E-state index in [-0.39, 0.29) is 11.1 Å². The van der Waals surface area contributed by atoms with Crippen LogP contribution in [-0.4, -0.2) is 0 Å². The van der Waals surface area contributed by atoms with Gasteiger partial charge in [0.1, 0.15) is 0 Å². The summed E-state index contributed by atoms with van der Waals surface area (Å²) in [5.74, 6) is -6.69. The van der Waals surface area contributed by atoms with Crippen LogP contribution in [0.3, 0.4) is 0 Å². The highest BCUT2D eigenvalue weighted by Crippen LogP contribution is 2.25. The molecule has 2 aromatic rings. The molecule has 0 saturated carbocycles. The summed E-state index contributed by atoms with van der Waals surface area (Å²) in [7, 11) is 0. The molecular weight excluding hydrogens is 265 g/mol. The van der Waals surface area contributed by atoms with E-state index in [9.17, 15) is 22.0 Å². The maximum atomic E-state index is 13.5. The molecule has 2 rings (SSSR count). The van der Waals surface area contributed by atoms with E-state index < -0.39 is 35.1 Å². The summed E-state index contributed by atoms with van der Waals surface area (Å²) in [4.78, 5) is 0. The monoisotopic (exact) mass is 273 g/mol. The molecule has 0 fully saturated rings. The van der Waals surface area contributed by atoms with E-state index in [1.165, 1.54) is 0 Å². The third-order valence-electron chi connectivity index (χ3n) is 2.70. The zero-order chi connectivity index (χ0) is 14.2. The number of benzene rings is 2. The van der Waals surface area contributed by atoms with E-state index in [1.807, 2.05) is 0 Å². The van der Waals surface area contributed by atoms with Gasteiger partial charge in [0.05, 0.1) is 6.04 Å². The van der Waals surface area contributed by atoms with Crippen molar-refractivity contribution in [3.05, 3.63) is 70.5 Å². The van der Waals surface area contributed by atoms with Crippen molar-refractivity contribution in [3.63, 3.8) is 0 Å². The smallest absolute Gasteiger partial charge is 0.194 e. The molecule has 0 radical (unpaired) electrons. The molecule has 0 amide bonds. The Balaban J connectivity index is 2.47. The molecule has 19 heavy (non-hydrogen) atoms. The summed E-state index contributed by atoms with van der Waals surface area (Å²) < 4.78 is 65.2.